The minimum Gasteiger partial charge on any atom is -0.496 e. The van der Waals surface area contributed by atoms with Crippen LogP contribution < -0.4 is 9.64 Å². The van der Waals surface area contributed by atoms with Gasteiger partial charge in [-0.15, -0.1) is 5.10 Å². The predicted molar refractivity (Wildman–Crippen MR) is 130 cm³/mol. The minimum absolute atomic E-state index is 0.0301. The van der Waals surface area contributed by atoms with Crippen molar-refractivity contribution in [3.05, 3.63) is 65.0 Å². The average molecular weight is 447 g/mol. The summed E-state index contributed by atoms with van der Waals surface area (Å²) in [6.45, 7) is 8.19. The molecule has 1 saturated carbocycles. The maximum atomic E-state index is 5.78. The molecule has 174 valence electrons. The topological polar surface area (TPSA) is 59.3 Å². The monoisotopic (exact) mass is 446 g/mol. The number of ether oxygens (including phenoxy) is 1. The van der Waals surface area contributed by atoms with Crippen molar-refractivity contribution in [2.75, 3.05) is 38.2 Å². The summed E-state index contributed by atoms with van der Waals surface area (Å²) >= 11 is 0. The first-order valence-electron chi connectivity index (χ1n) is 12.1. The Balaban J connectivity index is 1.46. The number of hydrogen-bond donors (Lipinski definition) is 0. The Kier molecular flexibility index (Phi) is 6.31. The quantitative estimate of drug-likeness (QED) is 0.562. The molecule has 5 rings (SSSR count). The number of methoxy groups -OCH3 is 1. The zero-order valence-corrected chi connectivity index (χ0v) is 19.9. The SMILES string of the molecule is COc1ccccc1[C@@H](c1nnnn1C1CCCC1)N1CCN(c2cc(C)ccc2C)CC1. The van der Waals surface area contributed by atoms with Gasteiger partial charge in [0, 0.05) is 37.4 Å². The molecule has 2 heterocycles. The number of tetrazole rings is 1. The lowest BCUT2D eigenvalue weighted by Gasteiger charge is -2.40. The number of aryl methyl sites for hydroxylation is 2. The third kappa shape index (κ3) is 4.34. The van der Waals surface area contributed by atoms with Gasteiger partial charge in [0.15, 0.2) is 5.82 Å². The molecule has 0 N–H and O–H groups in total. The Labute approximate surface area is 196 Å². The third-order valence-electron chi connectivity index (χ3n) is 7.25. The van der Waals surface area contributed by atoms with Crippen LogP contribution in [0, 0.1) is 13.8 Å². The fourth-order valence-electron chi connectivity index (χ4n) is 5.46. The van der Waals surface area contributed by atoms with E-state index in [9.17, 15) is 0 Å². The van der Waals surface area contributed by atoms with Crippen molar-refractivity contribution in [1.82, 2.24) is 25.1 Å². The summed E-state index contributed by atoms with van der Waals surface area (Å²) in [5.41, 5.74) is 5.12. The summed E-state index contributed by atoms with van der Waals surface area (Å²) in [6.07, 6.45) is 4.80. The molecule has 0 spiro atoms. The summed E-state index contributed by atoms with van der Waals surface area (Å²) < 4.78 is 7.88. The normalized spacial score (nSPS) is 18.6. The first-order chi connectivity index (χ1) is 16.2. The molecule has 2 aromatic carbocycles. The van der Waals surface area contributed by atoms with E-state index < -0.39 is 0 Å². The molecule has 2 fully saturated rings. The van der Waals surface area contributed by atoms with E-state index in [-0.39, 0.29) is 6.04 Å². The van der Waals surface area contributed by atoms with Gasteiger partial charge in [0.05, 0.1) is 13.2 Å². The van der Waals surface area contributed by atoms with Crippen LogP contribution in [-0.4, -0.2) is 58.4 Å². The lowest BCUT2D eigenvalue weighted by molar-refractivity contribution is 0.194. The molecule has 33 heavy (non-hydrogen) atoms. The van der Waals surface area contributed by atoms with E-state index in [0.29, 0.717) is 6.04 Å². The lowest BCUT2D eigenvalue weighted by Crippen LogP contribution is -2.48. The van der Waals surface area contributed by atoms with Crippen molar-refractivity contribution < 1.29 is 4.74 Å². The van der Waals surface area contributed by atoms with Crippen LogP contribution in [0.1, 0.15) is 60.3 Å². The lowest BCUT2D eigenvalue weighted by atomic mass is 10.0. The Hall–Kier alpha value is -2.93. The van der Waals surface area contributed by atoms with Crippen LogP contribution in [0.3, 0.4) is 0 Å². The number of para-hydroxylation sites is 1. The van der Waals surface area contributed by atoms with E-state index >= 15 is 0 Å². The van der Waals surface area contributed by atoms with Crippen molar-refractivity contribution in [3.63, 3.8) is 0 Å². The fraction of sp³-hybridized carbons (Fsp3) is 0.500. The van der Waals surface area contributed by atoms with Crippen molar-refractivity contribution in [2.24, 2.45) is 0 Å². The van der Waals surface area contributed by atoms with Crippen molar-refractivity contribution in [1.29, 1.82) is 0 Å². The molecule has 1 saturated heterocycles. The van der Waals surface area contributed by atoms with Crippen LogP contribution in [0.15, 0.2) is 42.5 Å². The molecule has 1 aliphatic heterocycles. The van der Waals surface area contributed by atoms with Gasteiger partial charge in [0.25, 0.3) is 0 Å². The van der Waals surface area contributed by atoms with E-state index in [1.54, 1.807) is 7.11 Å². The highest BCUT2D eigenvalue weighted by atomic mass is 16.5. The standard InChI is InChI=1S/C26H34N6O/c1-19-12-13-20(2)23(18-19)30-14-16-31(17-15-30)25(22-10-6-7-11-24(22)33-3)26-27-28-29-32(26)21-8-4-5-9-21/h6-7,10-13,18,21,25H,4-5,8-9,14-17H2,1-3H3/t25-/m0/s1. The number of piperazine rings is 1. The highest BCUT2D eigenvalue weighted by Gasteiger charge is 2.34. The van der Waals surface area contributed by atoms with Gasteiger partial charge in [0.2, 0.25) is 0 Å². The Morgan fingerprint density at radius 3 is 2.48 bits per heavy atom. The van der Waals surface area contributed by atoms with Crippen LogP contribution in [0.25, 0.3) is 0 Å². The summed E-state index contributed by atoms with van der Waals surface area (Å²) in [7, 11) is 1.74. The van der Waals surface area contributed by atoms with E-state index in [1.807, 2.05) is 12.1 Å². The first kappa shape index (κ1) is 21.9. The van der Waals surface area contributed by atoms with Gasteiger partial charge in [-0.3, -0.25) is 4.90 Å². The summed E-state index contributed by atoms with van der Waals surface area (Å²) in [4.78, 5) is 5.04. The van der Waals surface area contributed by atoms with Gasteiger partial charge < -0.3 is 9.64 Å². The van der Waals surface area contributed by atoms with Gasteiger partial charge in [-0.05, 0) is 60.4 Å². The largest absolute Gasteiger partial charge is 0.496 e. The Morgan fingerprint density at radius 2 is 1.73 bits per heavy atom. The molecule has 1 aromatic heterocycles. The van der Waals surface area contributed by atoms with Crippen molar-refractivity contribution in [3.8, 4) is 5.75 Å². The molecule has 0 radical (unpaired) electrons. The fourth-order valence-corrected chi connectivity index (χ4v) is 5.46. The molecule has 7 heteroatoms. The zero-order valence-electron chi connectivity index (χ0n) is 19.9. The molecule has 1 atom stereocenters. The molecule has 3 aromatic rings. The second kappa shape index (κ2) is 9.51. The zero-order chi connectivity index (χ0) is 22.8. The molecular weight excluding hydrogens is 412 g/mol. The number of nitrogens with zero attached hydrogens (tertiary/aromatic N) is 6. The molecule has 0 amide bonds. The smallest absolute Gasteiger partial charge is 0.173 e. The minimum atomic E-state index is -0.0301. The van der Waals surface area contributed by atoms with Crippen LogP contribution >= 0.6 is 0 Å². The van der Waals surface area contributed by atoms with Gasteiger partial charge in [-0.25, -0.2) is 4.68 Å². The Bertz CT molecular complexity index is 1080. The second-order valence-corrected chi connectivity index (χ2v) is 9.38. The molecule has 1 aliphatic carbocycles. The number of benzene rings is 2. The van der Waals surface area contributed by atoms with Crippen molar-refractivity contribution >= 4 is 5.69 Å². The van der Waals surface area contributed by atoms with E-state index in [1.165, 1.54) is 29.7 Å². The molecule has 7 nitrogen and oxygen atoms in total. The highest BCUT2D eigenvalue weighted by molar-refractivity contribution is 5.55. The maximum Gasteiger partial charge on any atom is 0.173 e. The van der Waals surface area contributed by atoms with Crippen LogP contribution in [0.2, 0.25) is 0 Å². The number of aromatic nitrogens is 4. The summed E-state index contributed by atoms with van der Waals surface area (Å²) in [6, 6.07) is 15.4. The van der Waals surface area contributed by atoms with Crippen molar-refractivity contribution in [2.45, 2.75) is 51.6 Å². The van der Waals surface area contributed by atoms with Crippen LogP contribution in [0.4, 0.5) is 5.69 Å². The highest BCUT2D eigenvalue weighted by Crippen LogP contribution is 2.38. The van der Waals surface area contributed by atoms with Crippen LogP contribution in [0.5, 0.6) is 5.75 Å². The second-order valence-electron chi connectivity index (χ2n) is 9.38. The first-order valence-corrected chi connectivity index (χ1v) is 12.1. The van der Waals surface area contributed by atoms with Gasteiger partial charge in [-0.2, -0.15) is 0 Å². The van der Waals surface area contributed by atoms with E-state index in [0.717, 1.165) is 56.2 Å². The summed E-state index contributed by atoms with van der Waals surface area (Å²) in [5, 5.41) is 13.2. The maximum absolute atomic E-state index is 5.78. The molecular formula is C26H34N6O. The average Bonchev–Trinajstić information content (AvgIpc) is 3.54. The van der Waals surface area contributed by atoms with Crippen LogP contribution in [-0.2, 0) is 0 Å². The van der Waals surface area contributed by atoms with E-state index in [2.05, 4.69) is 74.2 Å². The predicted octanol–water partition coefficient (Wildman–Crippen LogP) is 4.33. The molecule has 0 bridgehead atoms. The molecule has 2 aliphatic rings. The molecule has 0 unspecified atom stereocenters. The Morgan fingerprint density at radius 1 is 0.970 bits per heavy atom. The van der Waals surface area contributed by atoms with Gasteiger partial charge in [-0.1, -0.05) is 43.2 Å². The number of hydrogen-bond acceptors (Lipinski definition) is 6. The number of rotatable bonds is 6. The summed E-state index contributed by atoms with van der Waals surface area (Å²) in [5.74, 6) is 1.83. The van der Waals surface area contributed by atoms with Gasteiger partial charge in [0.1, 0.15) is 11.8 Å². The third-order valence-corrected chi connectivity index (χ3v) is 7.25. The van der Waals surface area contributed by atoms with E-state index in [4.69, 9.17) is 4.74 Å². The number of anilines is 1. The van der Waals surface area contributed by atoms with Gasteiger partial charge >= 0.3 is 0 Å².